The van der Waals surface area contributed by atoms with Crippen molar-refractivity contribution < 1.29 is 9.53 Å². The molecule has 0 aliphatic carbocycles. The third kappa shape index (κ3) is 2.14. The van der Waals surface area contributed by atoms with E-state index in [1.807, 2.05) is 0 Å². The molecule has 0 aromatic heterocycles. The third-order valence-electron chi connectivity index (χ3n) is 0.811. The fourth-order valence-electron chi connectivity index (χ4n) is 0.479. The van der Waals surface area contributed by atoms with Crippen LogP contribution in [0.2, 0.25) is 0 Å². The number of morpholine rings is 1. The van der Waals surface area contributed by atoms with Crippen LogP contribution in [0.1, 0.15) is 0 Å². The maximum Gasteiger partial charge on any atom is 0.319 e. The third-order valence-corrected chi connectivity index (χ3v) is 0.811. The van der Waals surface area contributed by atoms with Gasteiger partial charge in [-0.1, -0.05) is 0 Å². The number of rotatable bonds is 0. The summed E-state index contributed by atoms with van der Waals surface area (Å²) in [6.45, 7) is 1.70. The van der Waals surface area contributed by atoms with Gasteiger partial charge in [-0.25, -0.2) is 0 Å². The second-order valence-electron chi connectivity index (χ2n) is 1.40. The van der Waals surface area contributed by atoms with Crippen LogP contribution >= 0.6 is 12.4 Å². The Balaban J connectivity index is 0.000000490. The van der Waals surface area contributed by atoms with Crippen molar-refractivity contribution >= 4 is 18.4 Å². The molecule has 0 saturated carbocycles. The molecule has 1 rings (SSSR count). The molecule has 1 saturated heterocycles. The summed E-state index contributed by atoms with van der Waals surface area (Å²) in [6, 6.07) is 0. The van der Waals surface area contributed by atoms with Crippen molar-refractivity contribution in [3.63, 3.8) is 0 Å². The maximum atomic E-state index is 10.2. The topological polar surface area (TPSA) is 38.3 Å². The molecule has 1 N–H and O–H groups in total. The molecule has 0 aromatic carbocycles. The first-order chi connectivity index (χ1) is 3.39. The first-order valence-electron chi connectivity index (χ1n) is 2.26. The van der Waals surface area contributed by atoms with Gasteiger partial charge < -0.3 is 10.1 Å². The summed E-state index contributed by atoms with van der Waals surface area (Å²) in [5.41, 5.74) is 0. The summed E-state index contributed by atoms with van der Waals surface area (Å²) in [4.78, 5) is 10.2. The molecule has 0 spiro atoms. The lowest BCUT2D eigenvalue weighted by atomic mass is 10.5. The Kier molecular flexibility index (Phi) is 3.56. The molecule has 3 nitrogen and oxygen atoms in total. The molecule has 1 aliphatic rings. The molecule has 0 amide bonds. The number of hydrogen-bond acceptors (Lipinski definition) is 3. The Morgan fingerprint density at radius 1 is 1.62 bits per heavy atom. The molecular formula is C4H8ClNO2. The Morgan fingerprint density at radius 3 is 2.62 bits per heavy atom. The standard InChI is InChI=1S/C4H7NO2.ClH/c6-4-3-5-1-2-7-4;/h5H,1-3H2;1H. The van der Waals surface area contributed by atoms with E-state index in [4.69, 9.17) is 0 Å². The summed E-state index contributed by atoms with van der Waals surface area (Å²) in [5.74, 6) is -0.147. The van der Waals surface area contributed by atoms with Crippen molar-refractivity contribution in [3.05, 3.63) is 0 Å². The number of carbonyl (C=O) groups is 1. The average Bonchev–Trinajstić information content (AvgIpc) is 1.69. The summed E-state index contributed by atoms with van der Waals surface area (Å²) < 4.78 is 4.58. The number of carbonyl (C=O) groups excluding carboxylic acids is 1. The lowest BCUT2D eigenvalue weighted by Gasteiger charge is -2.10. The van der Waals surface area contributed by atoms with Gasteiger partial charge in [0.15, 0.2) is 0 Å². The van der Waals surface area contributed by atoms with Gasteiger partial charge in [0.25, 0.3) is 0 Å². The molecule has 8 heavy (non-hydrogen) atoms. The molecule has 0 bridgehead atoms. The molecule has 1 fully saturated rings. The van der Waals surface area contributed by atoms with Gasteiger partial charge in [0.2, 0.25) is 0 Å². The molecule has 0 radical (unpaired) electrons. The van der Waals surface area contributed by atoms with Gasteiger partial charge in [-0.15, -0.1) is 12.4 Å². The van der Waals surface area contributed by atoms with Crippen LogP contribution in [0.4, 0.5) is 0 Å². The maximum absolute atomic E-state index is 10.2. The van der Waals surface area contributed by atoms with E-state index >= 15 is 0 Å². The van der Waals surface area contributed by atoms with Gasteiger partial charge in [-0.05, 0) is 0 Å². The predicted molar refractivity (Wildman–Crippen MR) is 31.1 cm³/mol. The predicted octanol–water partition coefficient (Wildman–Crippen LogP) is -0.445. The zero-order valence-electron chi connectivity index (χ0n) is 4.35. The molecule has 1 heterocycles. The molecular weight excluding hydrogens is 130 g/mol. The number of halogens is 1. The average molecular weight is 138 g/mol. The number of cyclic esters (lactones) is 1. The van der Waals surface area contributed by atoms with E-state index in [1.54, 1.807) is 0 Å². The Bertz CT molecular complexity index is 78.1. The highest BCUT2D eigenvalue weighted by molar-refractivity contribution is 5.85. The minimum atomic E-state index is -0.147. The first kappa shape index (κ1) is 7.72. The number of esters is 1. The highest BCUT2D eigenvalue weighted by atomic mass is 35.5. The van der Waals surface area contributed by atoms with E-state index in [9.17, 15) is 4.79 Å². The lowest BCUT2D eigenvalue weighted by Crippen LogP contribution is -2.34. The van der Waals surface area contributed by atoms with E-state index in [0.717, 1.165) is 6.54 Å². The Morgan fingerprint density at radius 2 is 2.38 bits per heavy atom. The minimum absolute atomic E-state index is 0. The summed E-state index contributed by atoms with van der Waals surface area (Å²) in [5, 5.41) is 2.86. The Hall–Kier alpha value is -0.280. The van der Waals surface area contributed by atoms with Gasteiger partial charge >= 0.3 is 5.97 Å². The highest BCUT2D eigenvalue weighted by Crippen LogP contribution is 1.80. The van der Waals surface area contributed by atoms with Crippen molar-refractivity contribution in [3.8, 4) is 0 Å². The van der Waals surface area contributed by atoms with Crippen LogP contribution in [-0.4, -0.2) is 25.7 Å². The lowest BCUT2D eigenvalue weighted by molar-refractivity contribution is -0.144. The van der Waals surface area contributed by atoms with E-state index in [0.29, 0.717) is 13.2 Å². The second kappa shape index (κ2) is 3.69. The largest absolute Gasteiger partial charge is 0.463 e. The quantitative estimate of drug-likeness (QED) is 0.460. The van der Waals surface area contributed by atoms with Crippen LogP contribution in [-0.2, 0) is 9.53 Å². The zero-order valence-corrected chi connectivity index (χ0v) is 5.16. The van der Waals surface area contributed by atoms with Crippen molar-refractivity contribution in [1.82, 2.24) is 5.32 Å². The van der Waals surface area contributed by atoms with E-state index in [-0.39, 0.29) is 18.4 Å². The van der Waals surface area contributed by atoms with E-state index in [2.05, 4.69) is 10.1 Å². The smallest absolute Gasteiger partial charge is 0.319 e. The molecule has 0 atom stereocenters. The van der Waals surface area contributed by atoms with Crippen molar-refractivity contribution in [2.45, 2.75) is 0 Å². The molecule has 48 valence electrons. The summed E-state index contributed by atoms with van der Waals surface area (Å²) in [6.07, 6.45) is 0. The highest BCUT2D eigenvalue weighted by Gasteiger charge is 2.05. The van der Waals surface area contributed by atoms with Crippen molar-refractivity contribution in [2.24, 2.45) is 0 Å². The molecule has 4 heteroatoms. The monoisotopic (exact) mass is 137 g/mol. The fraction of sp³-hybridized carbons (Fsp3) is 0.750. The number of ether oxygens (including phenoxy) is 1. The normalized spacial score (nSPS) is 18.8. The van der Waals surface area contributed by atoms with Crippen LogP contribution in [0.3, 0.4) is 0 Å². The Labute approximate surface area is 53.8 Å². The summed E-state index contributed by atoms with van der Waals surface area (Å²) in [7, 11) is 0. The fourth-order valence-corrected chi connectivity index (χ4v) is 0.479. The molecule has 0 unspecified atom stereocenters. The number of hydrogen-bond donors (Lipinski definition) is 1. The zero-order chi connectivity index (χ0) is 5.11. The van der Waals surface area contributed by atoms with Crippen LogP contribution in [0.15, 0.2) is 0 Å². The van der Waals surface area contributed by atoms with E-state index < -0.39 is 0 Å². The SMILES string of the molecule is Cl.O=C1CNCCO1. The van der Waals surface area contributed by atoms with Gasteiger partial charge in [0, 0.05) is 6.54 Å². The van der Waals surface area contributed by atoms with Crippen molar-refractivity contribution in [2.75, 3.05) is 19.7 Å². The van der Waals surface area contributed by atoms with Gasteiger partial charge in [0.05, 0.1) is 6.54 Å². The molecule has 0 aromatic rings. The van der Waals surface area contributed by atoms with Crippen LogP contribution < -0.4 is 5.32 Å². The van der Waals surface area contributed by atoms with Crippen LogP contribution in [0.5, 0.6) is 0 Å². The van der Waals surface area contributed by atoms with Gasteiger partial charge in [-0.3, -0.25) is 4.79 Å². The molecule has 1 aliphatic heterocycles. The van der Waals surface area contributed by atoms with Crippen LogP contribution in [0.25, 0.3) is 0 Å². The van der Waals surface area contributed by atoms with E-state index in [1.165, 1.54) is 0 Å². The van der Waals surface area contributed by atoms with Gasteiger partial charge in [0.1, 0.15) is 6.61 Å². The second-order valence-corrected chi connectivity index (χ2v) is 1.40. The summed E-state index contributed by atoms with van der Waals surface area (Å²) >= 11 is 0. The first-order valence-corrected chi connectivity index (χ1v) is 2.26. The number of nitrogens with one attached hydrogen (secondary N) is 1. The van der Waals surface area contributed by atoms with Gasteiger partial charge in [-0.2, -0.15) is 0 Å². The van der Waals surface area contributed by atoms with Crippen molar-refractivity contribution in [1.29, 1.82) is 0 Å². The minimum Gasteiger partial charge on any atom is -0.463 e. The van der Waals surface area contributed by atoms with Crippen LogP contribution in [0, 0.1) is 0 Å².